The summed E-state index contributed by atoms with van der Waals surface area (Å²) in [6.45, 7) is 7.43. The van der Waals surface area contributed by atoms with Crippen molar-refractivity contribution in [2.24, 2.45) is 0 Å². The lowest BCUT2D eigenvalue weighted by Crippen LogP contribution is -2.30. The summed E-state index contributed by atoms with van der Waals surface area (Å²) >= 11 is 0. The molecular formula is C19H23N3O5S. The maximum Gasteiger partial charge on any atom is 0.274 e. The van der Waals surface area contributed by atoms with Crippen LogP contribution in [-0.4, -0.2) is 36.6 Å². The number of hydrogen-bond acceptors (Lipinski definition) is 5. The van der Waals surface area contributed by atoms with Gasteiger partial charge in [0.05, 0.1) is 9.82 Å². The van der Waals surface area contributed by atoms with Gasteiger partial charge in [-0.1, -0.05) is 26.0 Å². The summed E-state index contributed by atoms with van der Waals surface area (Å²) in [4.78, 5) is 23.3. The summed E-state index contributed by atoms with van der Waals surface area (Å²) in [6, 6.07) is 8.76. The molecule has 0 saturated carbocycles. The molecular weight excluding hydrogens is 382 g/mol. The Balaban J connectivity index is 2.39. The topological polar surface area (TPSA) is 110 Å². The summed E-state index contributed by atoms with van der Waals surface area (Å²) in [7, 11) is -3.71. The van der Waals surface area contributed by atoms with E-state index < -0.39 is 20.9 Å². The molecule has 0 radical (unpaired) electrons. The van der Waals surface area contributed by atoms with Gasteiger partial charge in [0, 0.05) is 36.0 Å². The first-order chi connectivity index (χ1) is 13.1. The molecule has 0 saturated heterocycles. The standard InChI is InChI=1S/C19H23N3O5S/c1-5-21(6-2)28(26,27)16-10-8-13(3)17(12-16)19(23)20-15-9-7-14(4)18(11-15)22(24)25/h7-12H,5-6H2,1-4H3,(H,20,23). The number of nitrogens with zero attached hydrogens (tertiary/aromatic N) is 2. The van der Waals surface area contributed by atoms with Crippen LogP contribution in [0.4, 0.5) is 11.4 Å². The predicted octanol–water partition coefficient (Wildman–Crippen LogP) is 3.49. The van der Waals surface area contributed by atoms with Crippen LogP contribution in [0.1, 0.15) is 35.3 Å². The van der Waals surface area contributed by atoms with E-state index in [1.54, 1.807) is 45.9 Å². The van der Waals surface area contributed by atoms with Crippen LogP contribution < -0.4 is 5.32 Å². The Labute approximate surface area is 164 Å². The highest BCUT2D eigenvalue weighted by molar-refractivity contribution is 7.89. The second-order valence-corrected chi connectivity index (χ2v) is 8.22. The number of carbonyl (C=O) groups excluding carboxylic acids is 1. The minimum Gasteiger partial charge on any atom is -0.322 e. The van der Waals surface area contributed by atoms with Gasteiger partial charge in [0.2, 0.25) is 10.0 Å². The third kappa shape index (κ3) is 4.37. The average molecular weight is 405 g/mol. The van der Waals surface area contributed by atoms with E-state index in [0.29, 0.717) is 24.2 Å². The SMILES string of the molecule is CCN(CC)S(=O)(=O)c1ccc(C)c(C(=O)Nc2ccc(C)c([N+](=O)[O-])c2)c1. The average Bonchev–Trinajstić information content (AvgIpc) is 2.63. The minimum absolute atomic E-state index is 0.0295. The zero-order valence-corrected chi connectivity index (χ0v) is 17.0. The van der Waals surface area contributed by atoms with E-state index in [4.69, 9.17) is 0 Å². The van der Waals surface area contributed by atoms with Gasteiger partial charge in [-0.3, -0.25) is 14.9 Å². The molecule has 8 nitrogen and oxygen atoms in total. The summed E-state index contributed by atoms with van der Waals surface area (Å²) < 4.78 is 26.7. The van der Waals surface area contributed by atoms with Crippen LogP contribution in [0.3, 0.4) is 0 Å². The van der Waals surface area contributed by atoms with Crippen LogP contribution in [-0.2, 0) is 10.0 Å². The van der Waals surface area contributed by atoms with E-state index in [1.807, 2.05) is 0 Å². The van der Waals surface area contributed by atoms with Crippen molar-refractivity contribution in [1.29, 1.82) is 0 Å². The number of nitrogens with one attached hydrogen (secondary N) is 1. The number of anilines is 1. The van der Waals surface area contributed by atoms with E-state index in [9.17, 15) is 23.3 Å². The van der Waals surface area contributed by atoms with E-state index in [0.717, 1.165) is 0 Å². The lowest BCUT2D eigenvalue weighted by molar-refractivity contribution is -0.385. The third-order valence-corrected chi connectivity index (χ3v) is 6.51. The van der Waals surface area contributed by atoms with Crippen LogP contribution >= 0.6 is 0 Å². The molecule has 28 heavy (non-hydrogen) atoms. The number of benzene rings is 2. The van der Waals surface area contributed by atoms with E-state index in [-0.39, 0.29) is 21.8 Å². The number of aryl methyl sites for hydroxylation is 2. The van der Waals surface area contributed by atoms with Crippen LogP contribution in [0.2, 0.25) is 0 Å². The van der Waals surface area contributed by atoms with Gasteiger partial charge in [0.25, 0.3) is 11.6 Å². The Morgan fingerprint density at radius 2 is 1.68 bits per heavy atom. The monoisotopic (exact) mass is 405 g/mol. The van der Waals surface area contributed by atoms with Gasteiger partial charge >= 0.3 is 0 Å². The molecule has 0 aliphatic heterocycles. The molecule has 9 heteroatoms. The molecule has 1 amide bonds. The predicted molar refractivity (Wildman–Crippen MR) is 107 cm³/mol. The second-order valence-electron chi connectivity index (χ2n) is 6.28. The first kappa shape index (κ1) is 21.5. The van der Waals surface area contributed by atoms with Crippen LogP contribution in [0.15, 0.2) is 41.3 Å². The molecule has 0 bridgehead atoms. The number of nitro groups is 1. The molecule has 0 spiro atoms. The van der Waals surface area contributed by atoms with Crippen molar-refractivity contribution in [2.75, 3.05) is 18.4 Å². The third-order valence-electron chi connectivity index (χ3n) is 4.46. The van der Waals surface area contributed by atoms with E-state index in [2.05, 4.69) is 5.32 Å². The molecule has 0 unspecified atom stereocenters. The molecule has 1 N–H and O–H groups in total. The summed E-state index contributed by atoms with van der Waals surface area (Å²) in [5.41, 5.74) is 1.42. The summed E-state index contributed by atoms with van der Waals surface area (Å²) in [5.74, 6) is -0.535. The van der Waals surface area contributed by atoms with Crippen LogP contribution in [0.5, 0.6) is 0 Å². The molecule has 2 aromatic rings. The number of sulfonamides is 1. The Hall–Kier alpha value is -2.78. The fraction of sp³-hybridized carbons (Fsp3) is 0.316. The normalized spacial score (nSPS) is 11.5. The zero-order valence-electron chi connectivity index (χ0n) is 16.2. The minimum atomic E-state index is -3.71. The number of amides is 1. The van der Waals surface area contributed by atoms with Gasteiger partial charge in [-0.05, 0) is 37.6 Å². The van der Waals surface area contributed by atoms with Crippen molar-refractivity contribution in [3.8, 4) is 0 Å². The van der Waals surface area contributed by atoms with E-state index in [1.165, 1.54) is 22.5 Å². The molecule has 0 aromatic heterocycles. The Morgan fingerprint density at radius 3 is 2.25 bits per heavy atom. The lowest BCUT2D eigenvalue weighted by atomic mass is 10.1. The highest BCUT2D eigenvalue weighted by atomic mass is 32.2. The fourth-order valence-corrected chi connectivity index (χ4v) is 4.29. The Morgan fingerprint density at radius 1 is 1.07 bits per heavy atom. The second kappa shape index (κ2) is 8.49. The molecule has 0 aliphatic carbocycles. The molecule has 0 heterocycles. The first-order valence-corrected chi connectivity index (χ1v) is 10.2. The van der Waals surface area contributed by atoms with Crippen LogP contribution in [0.25, 0.3) is 0 Å². The van der Waals surface area contributed by atoms with Crippen molar-refractivity contribution in [1.82, 2.24) is 4.31 Å². The van der Waals surface area contributed by atoms with Gasteiger partial charge < -0.3 is 5.32 Å². The van der Waals surface area contributed by atoms with Gasteiger partial charge in [0.15, 0.2) is 0 Å². The fourth-order valence-electron chi connectivity index (χ4n) is 2.80. The first-order valence-electron chi connectivity index (χ1n) is 8.79. The zero-order chi connectivity index (χ0) is 21.1. The van der Waals surface area contributed by atoms with Gasteiger partial charge in [-0.2, -0.15) is 4.31 Å². The Bertz CT molecular complexity index is 1010. The van der Waals surface area contributed by atoms with Crippen molar-refractivity contribution in [2.45, 2.75) is 32.6 Å². The van der Waals surface area contributed by atoms with Crippen molar-refractivity contribution >= 4 is 27.3 Å². The van der Waals surface area contributed by atoms with Gasteiger partial charge in [0.1, 0.15) is 0 Å². The quantitative estimate of drug-likeness (QED) is 0.560. The molecule has 0 fully saturated rings. The molecule has 150 valence electrons. The lowest BCUT2D eigenvalue weighted by Gasteiger charge is -2.19. The maximum atomic E-state index is 12.7. The van der Waals surface area contributed by atoms with Gasteiger partial charge in [-0.25, -0.2) is 8.42 Å². The number of hydrogen-bond donors (Lipinski definition) is 1. The van der Waals surface area contributed by atoms with Crippen molar-refractivity contribution in [3.63, 3.8) is 0 Å². The molecule has 2 rings (SSSR count). The highest BCUT2D eigenvalue weighted by Crippen LogP contribution is 2.24. The summed E-state index contributed by atoms with van der Waals surface area (Å²) in [5, 5.41) is 13.7. The van der Waals surface area contributed by atoms with Crippen LogP contribution in [0, 0.1) is 24.0 Å². The largest absolute Gasteiger partial charge is 0.322 e. The Kier molecular flexibility index (Phi) is 6.52. The van der Waals surface area contributed by atoms with Gasteiger partial charge in [-0.15, -0.1) is 0 Å². The van der Waals surface area contributed by atoms with Crippen molar-refractivity contribution < 1.29 is 18.1 Å². The number of nitro benzene ring substituents is 1. The molecule has 2 aromatic carbocycles. The molecule has 0 aliphatic rings. The highest BCUT2D eigenvalue weighted by Gasteiger charge is 2.23. The maximum absolute atomic E-state index is 12.7. The van der Waals surface area contributed by atoms with E-state index >= 15 is 0 Å². The number of rotatable bonds is 7. The summed E-state index contributed by atoms with van der Waals surface area (Å²) in [6.07, 6.45) is 0. The smallest absolute Gasteiger partial charge is 0.274 e. The number of carbonyl (C=O) groups is 1. The molecule has 0 atom stereocenters. The van der Waals surface area contributed by atoms with Crippen molar-refractivity contribution in [3.05, 3.63) is 63.2 Å².